The fourth-order valence-corrected chi connectivity index (χ4v) is 3.59. The first kappa shape index (κ1) is 24.6. The standard InChI is InChI=1S/C27H30N2O5/c1-19(2)29(22-8-6-5-7-9-22)23-13-11-21(12-14-23)28-26(30)18-34-27(31)17-20-10-15-24(32-3)25(16-20)33-4/h5-16,19H,17-18H2,1-4H3,(H,28,30). The maximum atomic E-state index is 12.3. The van der Waals surface area contributed by atoms with Crippen molar-refractivity contribution < 1.29 is 23.8 Å². The second-order valence-electron chi connectivity index (χ2n) is 7.92. The van der Waals surface area contributed by atoms with Gasteiger partial charge in [0.2, 0.25) is 0 Å². The number of benzene rings is 3. The number of nitrogens with zero attached hydrogens (tertiary/aromatic N) is 1. The number of hydrogen-bond donors (Lipinski definition) is 1. The molecule has 0 bridgehead atoms. The molecule has 0 aliphatic carbocycles. The van der Waals surface area contributed by atoms with Gasteiger partial charge in [0.15, 0.2) is 18.1 Å². The van der Waals surface area contributed by atoms with Gasteiger partial charge in [-0.15, -0.1) is 0 Å². The highest BCUT2D eigenvalue weighted by Gasteiger charge is 2.14. The van der Waals surface area contributed by atoms with E-state index in [0.717, 1.165) is 11.4 Å². The molecule has 0 saturated heterocycles. The van der Waals surface area contributed by atoms with E-state index in [1.807, 2.05) is 42.5 Å². The minimum atomic E-state index is -0.506. The molecule has 1 amide bonds. The van der Waals surface area contributed by atoms with Crippen LogP contribution in [-0.4, -0.2) is 38.7 Å². The Hall–Kier alpha value is -4.00. The van der Waals surface area contributed by atoms with Crippen molar-refractivity contribution in [2.24, 2.45) is 0 Å². The fourth-order valence-electron chi connectivity index (χ4n) is 3.59. The molecule has 3 aromatic rings. The second kappa shape index (κ2) is 11.7. The highest BCUT2D eigenvalue weighted by atomic mass is 16.5. The van der Waals surface area contributed by atoms with Gasteiger partial charge in [-0.2, -0.15) is 0 Å². The lowest BCUT2D eigenvalue weighted by Crippen LogP contribution is -2.25. The summed E-state index contributed by atoms with van der Waals surface area (Å²) < 4.78 is 15.6. The van der Waals surface area contributed by atoms with Gasteiger partial charge >= 0.3 is 5.97 Å². The molecule has 0 unspecified atom stereocenters. The quantitative estimate of drug-likeness (QED) is 0.429. The van der Waals surface area contributed by atoms with Gasteiger partial charge in [-0.1, -0.05) is 24.3 Å². The van der Waals surface area contributed by atoms with Crippen LogP contribution in [0.2, 0.25) is 0 Å². The van der Waals surface area contributed by atoms with Crippen molar-refractivity contribution in [2.75, 3.05) is 31.0 Å². The molecule has 7 heteroatoms. The Morgan fingerprint density at radius 3 is 2.12 bits per heavy atom. The number of nitrogens with one attached hydrogen (secondary N) is 1. The maximum Gasteiger partial charge on any atom is 0.310 e. The van der Waals surface area contributed by atoms with Crippen molar-refractivity contribution in [1.29, 1.82) is 0 Å². The largest absolute Gasteiger partial charge is 0.493 e. The number of amides is 1. The maximum absolute atomic E-state index is 12.3. The van der Waals surface area contributed by atoms with Gasteiger partial charge in [0, 0.05) is 23.1 Å². The zero-order chi connectivity index (χ0) is 24.5. The van der Waals surface area contributed by atoms with E-state index >= 15 is 0 Å². The molecular formula is C27H30N2O5. The molecule has 7 nitrogen and oxygen atoms in total. The molecule has 34 heavy (non-hydrogen) atoms. The average molecular weight is 463 g/mol. The SMILES string of the molecule is COc1ccc(CC(=O)OCC(=O)Nc2ccc(N(c3ccccc3)C(C)C)cc2)cc1OC. The van der Waals surface area contributed by atoms with Gasteiger partial charge < -0.3 is 24.4 Å². The third-order valence-electron chi connectivity index (χ3n) is 5.14. The predicted octanol–water partition coefficient (Wildman–Crippen LogP) is 4.97. The van der Waals surface area contributed by atoms with Crippen LogP contribution in [0.1, 0.15) is 19.4 Å². The number of methoxy groups -OCH3 is 2. The molecule has 178 valence electrons. The summed E-state index contributed by atoms with van der Waals surface area (Å²) >= 11 is 0. The number of carbonyl (C=O) groups excluding carboxylic acids is 2. The zero-order valence-corrected chi connectivity index (χ0v) is 19.9. The Morgan fingerprint density at radius 1 is 0.853 bits per heavy atom. The lowest BCUT2D eigenvalue weighted by Gasteiger charge is -2.29. The van der Waals surface area contributed by atoms with Crippen molar-refractivity contribution in [2.45, 2.75) is 26.3 Å². The molecule has 0 atom stereocenters. The van der Waals surface area contributed by atoms with Crippen LogP contribution in [0, 0.1) is 0 Å². The Balaban J connectivity index is 1.53. The number of ether oxygens (including phenoxy) is 3. The molecule has 0 spiro atoms. The molecule has 0 heterocycles. The van der Waals surface area contributed by atoms with Crippen molar-refractivity contribution >= 4 is 28.9 Å². The molecule has 0 aliphatic heterocycles. The highest BCUT2D eigenvalue weighted by molar-refractivity contribution is 5.93. The topological polar surface area (TPSA) is 77.1 Å². The van der Waals surface area contributed by atoms with Crippen LogP contribution < -0.4 is 19.7 Å². The summed E-state index contributed by atoms with van der Waals surface area (Å²) in [6.07, 6.45) is 0.0207. The smallest absolute Gasteiger partial charge is 0.310 e. The molecular weight excluding hydrogens is 432 g/mol. The lowest BCUT2D eigenvalue weighted by molar-refractivity contribution is -0.146. The van der Waals surface area contributed by atoms with E-state index in [1.165, 1.54) is 7.11 Å². The van der Waals surface area contributed by atoms with Crippen LogP contribution in [0.25, 0.3) is 0 Å². The highest BCUT2D eigenvalue weighted by Crippen LogP contribution is 2.29. The molecule has 3 rings (SSSR count). The summed E-state index contributed by atoms with van der Waals surface area (Å²) in [6.45, 7) is 3.88. The Bertz CT molecular complexity index is 1100. The van der Waals surface area contributed by atoms with Gasteiger partial charge in [0.25, 0.3) is 5.91 Å². The summed E-state index contributed by atoms with van der Waals surface area (Å²) in [5, 5.41) is 2.76. The van der Waals surface area contributed by atoms with E-state index in [-0.39, 0.29) is 19.1 Å². The molecule has 0 saturated carbocycles. The van der Waals surface area contributed by atoms with Crippen LogP contribution in [0.15, 0.2) is 72.8 Å². The Labute approximate surface area is 200 Å². The zero-order valence-electron chi connectivity index (χ0n) is 19.9. The molecule has 0 aromatic heterocycles. The fraction of sp³-hybridized carbons (Fsp3) is 0.259. The van der Waals surface area contributed by atoms with Gasteiger partial charge in [-0.05, 0) is 67.9 Å². The first-order chi connectivity index (χ1) is 16.4. The van der Waals surface area contributed by atoms with Crippen LogP contribution in [0.5, 0.6) is 11.5 Å². The van der Waals surface area contributed by atoms with Gasteiger partial charge in [-0.3, -0.25) is 9.59 Å². The summed E-state index contributed by atoms with van der Waals surface area (Å²) in [5.74, 6) is 0.188. The molecule has 0 radical (unpaired) electrons. The number of esters is 1. The van der Waals surface area contributed by atoms with E-state index in [9.17, 15) is 9.59 Å². The summed E-state index contributed by atoms with van der Waals surface area (Å²) in [4.78, 5) is 26.6. The monoisotopic (exact) mass is 462 g/mol. The van der Waals surface area contributed by atoms with Crippen LogP contribution in [-0.2, 0) is 20.7 Å². The summed E-state index contributed by atoms with van der Waals surface area (Å²) in [5.41, 5.74) is 3.43. The summed E-state index contributed by atoms with van der Waals surface area (Å²) in [7, 11) is 3.07. The number of hydrogen-bond acceptors (Lipinski definition) is 6. The molecule has 0 fully saturated rings. The Kier molecular flexibility index (Phi) is 8.51. The molecule has 1 N–H and O–H groups in total. The number of rotatable bonds is 10. The van der Waals surface area contributed by atoms with E-state index in [4.69, 9.17) is 14.2 Å². The number of anilines is 3. The van der Waals surface area contributed by atoms with Crippen LogP contribution in [0.3, 0.4) is 0 Å². The first-order valence-electron chi connectivity index (χ1n) is 11.0. The van der Waals surface area contributed by atoms with Gasteiger partial charge in [-0.25, -0.2) is 0 Å². The van der Waals surface area contributed by atoms with Crippen LogP contribution in [0.4, 0.5) is 17.1 Å². The van der Waals surface area contributed by atoms with E-state index in [2.05, 4.69) is 36.2 Å². The van der Waals surface area contributed by atoms with E-state index in [1.54, 1.807) is 25.3 Å². The van der Waals surface area contributed by atoms with E-state index in [0.29, 0.717) is 22.7 Å². The van der Waals surface area contributed by atoms with E-state index < -0.39 is 11.9 Å². The third kappa shape index (κ3) is 6.51. The van der Waals surface area contributed by atoms with Crippen molar-refractivity contribution in [3.8, 4) is 11.5 Å². The molecule has 3 aromatic carbocycles. The minimum Gasteiger partial charge on any atom is -0.493 e. The van der Waals surface area contributed by atoms with Gasteiger partial charge in [0.05, 0.1) is 20.6 Å². The van der Waals surface area contributed by atoms with Crippen molar-refractivity contribution in [1.82, 2.24) is 0 Å². The van der Waals surface area contributed by atoms with Crippen molar-refractivity contribution in [3.63, 3.8) is 0 Å². The van der Waals surface area contributed by atoms with Gasteiger partial charge in [0.1, 0.15) is 0 Å². The first-order valence-corrected chi connectivity index (χ1v) is 11.0. The normalized spacial score (nSPS) is 10.5. The number of carbonyl (C=O) groups is 2. The number of para-hydroxylation sites is 1. The van der Waals surface area contributed by atoms with Crippen LogP contribution >= 0.6 is 0 Å². The lowest BCUT2D eigenvalue weighted by atomic mass is 10.1. The Morgan fingerprint density at radius 2 is 1.50 bits per heavy atom. The predicted molar refractivity (Wildman–Crippen MR) is 133 cm³/mol. The average Bonchev–Trinajstić information content (AvgIpc) is 2.84. The molecule has 0 aliphatic rings. The summed E-state index contributed by atoms with van der Waals surface area (Å²) in [6, 6.07) is 23.1. The van der Waals surface area contributed by atoms with Crippen molar-refractivity contribution in [3.05, 3.63) is 78.4 Å². The second-order valence-corrected chi connectivity index (χ2v) is 7.92. The minimum absolute atomic E-state index is 0.0207. The third-order valence-corrected chi connectivity index (χ3v) is 5.14.